The average molecular weight is 623 g/mol. The first-order valence-corrected chi connectivity index (χ1v) is 15.8. The lowest BCUT2D eigenvalue weighted by molar-refractivity contribution is 0.101. The highest BCUT2D eigenvalue weighted by Gasteiger charge is 2.14. The molecular weight excluding hydrogens is 601 g/mol. The molecule has 2 amide bonds. The summed E-state index contributed by atoms with van der Waals surface area (Å²) in [5.41, 5.74) is 2.68. The predicted molar refractivity (Wildman–Crippen MR) is 183 cm³/mol. The Labute approximate surface area is 264 Å². The second-order valence-electron chi connectivity index (χ2n) is 10.4. The maximum absolute atomic E-state index is 12.9. The fourth-order valence-electron chi connectivity index (χ4n) is 5.24. The molecule has 6 aromatic carbocycles. The Kier molecular flexibility index (Phi) is 6.66. The first kappa shape index (κ1) is 26.9. The minimum Gasteiger partial charge on any atom is -0.457 e. The van der Waals surface area contributed by atoms with Crippen molar-refractivity contribution < 1.29 is 14.3 Å². The Morgan fingerprint density at radius 2 is 0.933 bits per heavy atom. The third-order valence-electron chi connectivity index (χ3n) is 7.47. The third-order valence-corrected chi connectivity index (χ3v) is 9.51. The van der Waals surface area contributed by atoms with Crippen molar-refractivity contribution in [3.05, 3.63) is 132 Å². The van der Waals surface area contributed by atoms with Gasteiger partial charge < -0.3 is 4.74 Å². The lowest BCUT2D eigenvalue weighted by Crippen LogP contribution is -2.11. The number of nitrogens with zero attached hydrogens (tertiary/aromatic N) is 2. The summed E-state index contributed by atoms with van der Waals surface area (Å²) in [5.74, 6) is 0.636. The maximum Gasteiger partial charge on any atom is 0.257 e. The van der Waals surface area contributed by atoms with E-state index in [9.17, 15) is 9.59 Å². The van der Waals surface area contributed by atoms with Crippen LogP contribution in [0.1, 0.15) is 20.7 Å². The van der Waals surface area contributed by atoms with Crippen molar-refractivity contribution in [1.29, 1.82) is 0 Å². The zero-order valence-electron chi connectivity index (χ0n) is 23.5. The molecule has 8 aromatic rings. The lowest BCUT2D eigenvalue weighted by Gasteiger charge is -2.08. The zero-order chi connectivity index (χ0) is 30.3. The fourth-order valence-corrected chi connectivity index (χ4v) is 7.23. The van der Waals surface area contributed by atoms with E-state index >= 15 is 0 Å². The number of fused-ring (bicyclic) bond motifs is 6. The predicted octanol–water partition coefficient (Wildman–Crippen LogP) is 9.51. The smallest absolute Gasteiger partial charge is 0.257 e. The van der Waals surface area contributed by atoms with Gasteiger partial charge in [-0.05, 0) is 71.4 Å². The van der Waals surface area contributed by atoms with Crippen LogP contribution in [0, 0.1) is 0 Å². The van der Waals surface area contributed by atoms with Gasteiger partial charge in [0, 0.05) is 21.9 Å². The van der Waals surface area contributed by atoms with Gasteiger partial charge in [-0.15, -0.1) is 0 Å². The number of thiazole rings is 2. The molecule has 2 N–H and O–H groups in total. The molecule has 0 aliphatic rings. The van der Waals surface area contributed by atoms with Crippen molar-refractivity contribution in [2.75, 3.05) is 10.6 Å². The van der Waals surface area contributed by atoms with Crippen molar-refractivity contribution in [1.82, 2.24) is 9.97 Å². The van der Waals surface area contributed by atoms with E-state index in [1.54, 1.807) is 48.5 Å². The normalized spacial score (nSPS) is 11.3. The van der Waals surface area contributed by atoms with E-state index in [0.29, 0.717) is 32.9 Å². The van der Waals surface area contributed by atoms with Crippen LogP contribution in [0.25, 0.3) is 42.0 Å². The quantitative estimate of drug-likeness (QED) is 0.193. The van der Waals surface area contributed by atoms with Gasteiger partial charge in [-0.2, -0.15) is 0 Å². The monoisotopic (exact) mass is 622 g/mol. The fraction of sp³-hybridized carbons (Fsp3) is 0. The molecule has 0 spiro atoms. The van der Waals surface area contributed by atoms with Crippen molar-refractivity contribution in [3.8, 4) is 11.5 Å². The molecule has 0 aliphatic heterocycles. The van der Waals surface area contributed by atoms with Gasteiger partial charge in [0.15, 0.2) is 10.3 Å². The van der Waals surface area contributed by atoms with Crippen LogP contribution in [-0.2, 0) is 0 Å². The minimum absolute atomic E-state index is 0.249. The molecule has 0 fully saturated rings. The molecular formula is C36H22N4O3S2. The number of aromatic nitrogens is 2. The highest BCUT2D eigenvalue weighted by Crippen LogP contribution is 2.34. The SMILES string of the molecule is O=C(Nc1nc2ccc3ccccc3c2s1)c1ccc(Oc2ccc(C(=O)Nc3nc4ccc5ccccc5c4s3)cc2)cc1. The molecule has 45 heavy (non-hydrogen) atoms. The van der Waals surface area contributed by atoms with Gasteiger partial charge in [-0.1, -0.05) is 83.3 Å². The summed E-state index contributed by atoms with van der Waals surface area (Å²) in [6.07, 6.45) is 0. The summed E-state index contributed by atoms with van der Waals surface area (Å²) in [7, 11) is 0. The largest absolute Gasteiger partial charge is 0.457 e. The number of amides is 2. The van der Waals surface area contributed by atoms with Crippen LogP contribution in [0.3, 0.4) is 0 Å². The molecule has 0 aliphatic carbocycles. The van der Waals surface area contributed by atoms with Crippen LogP contribution in [0.15, 0.2) is 121 Å². The van der Waals surface area contributed by atoms with E-state index in [-0.39, 0.29) is 11.8 Å². The number of carbonyl (C=O) groups excluding carboxylic acids is 2. The van der Waals surface area contributed by atoms with Gasteiger partial charge in [-0.25, -0.2) is 9.97 Å². The molecule has 0 unspecified atom stereocenters. The summed E-state index contributed by atoms with van der Waals surface area (Å²) >= 11 is 2.92. The van der Waals surface area contributed by atoms with Crippen LogP contribution in [-0.4, -0.2) is 21.8 Å². The van der Waals surface area contributed by atoms with Gasteiger partial charge in [0.05, 0.1) is 20.4 Å². The summed E-state index contributed by atoms with van der Waals surface area (Å²) in [5, 5.41) is 11.4. The number of carbonyl (C=O) groups is 2. The number of ether oxygens (including phenoxy) is 1. The standard InChI is InChI=1S/C36H22N4O3S2/c41-33(39-35-37-29-19-13-21-5-1-3-7-27(21)31(29)44-35)23-9-15-25(16-10-23)43-26-17-11-24(12-18-26)34(42)40-36-38-30-20-14-22-6-2-4-8-28(22)32(30)45-36/h1-20H,(H,37,39,41)(H,38,40,42). The Balaban J connectivity index is 0.913. The van der Waals surface area contributed by atoms with Crippen LogP contribution >= 0.6 is 22.7 Å². The van der Waals surface area contributed by atoms with Crippen LogP contribution < -0.4 is 15.4 Å². The van der Waals surface area contributed by atoms with E-state index in [1.807, 2.05) is 48.5 Å². The molecule has 0 saturated carbocycles. The Bertz CT molecular complexity index is 2230. The van der Waals surface area contributed by atoms with Gasteiger partial charge in [0.1, 0.15) is 11.5 Å². The molecule has 0 atom stereocenters. The second kappa shape index (κ2) is 11.1. The number of hydrogen-bond donors (Lipinski definition) is 2. The van der Waals surface area contributed by atoms with E-state index in [0.717, 1.165) is 42.0 Å². The van der Waals surface area contributed by atoms with E-state index < -0.39 is 0 Å². The van der Waals surface area contributed by atoms with E-state index in [1.165, 1.54) is 22.7 Å². The van der Waals surface area contributed by atoms with Crippen molar-refractivity contribution in [2.45, 2.75) is 0 Å². The van der Waals surface area contributed by atoms with Gasteiger partial charge >= 0.3 is 0 Å². The molecule has 0 bridgehead atoms. The molecule has 9 heteroatoms. The number of benzene rings is 6. The Morgan fingerprint density at radius 1 is 0.511 bits per heavy atom. The maximum atomic E-state index is 12.9. The van der Waals surface area contributed by atoms with Gasteiger partial charge in [-0.3, -0.25) is 20.2 Å². The van der Waals surface area contributed by atoms with Gasteiger partial charge in [0.2, 0.25) is 0 Å². The third kappa shape index (κ3) is 5.24. The molecule has 2 heterocycles. The first-order valence-electron chi connectivity index (χ1n) is 14.1. The average Bonchev–Trinajstić information content (AvgIpc) is 3.69. The Morgan fingerprint density at radius 3 is 1.38 bits per heavy atom. The summed E-state index contributed by atoms with van der Waals surface area (Å²) in [6.45, 7) is 0. The molecule has 7 nitrogen and oxygen atoms in total. The Hall–Kier alpha value is -5.64. The molecule has 216 valence electrons. The van der Waals surface area contributed by atoms with Gasteiger partial charge in [0.25, 0.3) is 11.8 Å². The summed E-state index contributed by atoms with van der Waals surface area (Å²) < 4.78 is 8.05. The molecule has 2 aromatic heterocycles. The van der Waals surface area contributed by atoms with E-state index in [4.69, 9.17) is 4.74 Å². The second-order valence-corrected chi connectivity index (χ2v) is 12.4. The minimum atomic E-state index is -0.249. The molecule has 8 rings (SSSR count). The molecule has 0 radical (unpaired) electrons. The highest BCUT2D eigenvalue weighted by atomic mass is 32.1. The lowest BCUT2D eigenvalue weighted by atomic mass is 10.1. The number of rotatable bonds is 6. The van der Waals surface area contributed by atoms with E-state index in [2.05, 4.69) is 44.9 Å². The number of anilines is 2. The van der Waals surface area contributed by atoms with Crippen molar-refractivity contribution in [3.63, 3.8) is 0 Å². The first-order chi connectivity index (χ1) is 22.1. The van der Waals surface area contributed by atoms with Crippen LogP contribution in [0.4, 0.5) is 10.3 Å². The van der Waals surface area contributed by atoms with Crippen molar-refractivity contribution >= 4 is 86.7 Å². The molecule has 0 saturated heterocycles. The van der Waals surface area contributed by atoms with Crippen LogP contribution in [0.5, 0.6) is 11.5 Å². The van der Waals surface area contributed by atoms with Crippen LogP contribution in [0.2, 0.25) is 0 Å². The summed E-state index contributed by atoms with van der Waals surface area (Å²) in [4.78, 5) is 35.1. The zero-order valence-corrected chi connectivity index (χ0v) is 25.1. The number of nitrogens with one attached hydrogen (secondary N) is 2. The number of hydrogen-bond acceptors (Lipinski definition) is 7. The van der Waals surface area contributed by atoms with Crippen molar-refractivity contribution in [2.24, 2.45) is 0 Å². The highest BCUT2D eigenvalue weighted by molar-refractivity contribution is 7.23. The summed E-state index contributed by atoms with van der Waals surface area (Å²) in [6, 6.07) is 38.0. The topological polar surface area (TPSA) is 93.2 Å².